The van der Waals surface area contributed by atoms with Crippen LogP contribution >= 0.6 is 11.3 Å². The van der Waals surface area contributed by atoms with E-state index < -0.39 is 6.10 Å². The normalized spacial score (nSPS) is 12.1. The molecule has 1 amide bonds. The number of aliphatic hydroxyl groups excluding tert-OH is 1. The summed E-state index contributed by atoms with van der Waals surface area (Å²) in [4.78, 5) is 21.9. The van der Waals surface area contributed by atoms with Crippen LogP contribution in [0.15, 0.2) is 16.8 Å². The number of carbonyl (C=O) groups is 2. The molecule has 1 rings (SSSR count). The van der Waals surface area contributed by atoms with E-state index in [2.05, 4.69) is 5.32 Å². The minimum absolute atomic E-state index is 0.00599. The van der Waals surface area contributed by atoms with E-state index in [0.717, 1.165) is 5.56 Å². The average molecular weight is 241 g/mol. The van der Waals surface area contributed by atoms with E-state index in [0.29, 0.717) is 0 Å². The summed E-state index contributed by atoms with van der Waals surface area (Å²) in [5.41, 5.74) is 0.803. The lowest BCUT2D eigenvalue weighted by Gasteiger charge is -2.10. The molecule has 1 heterocycles. The van der Waals surface area contributed by atoms with E-state index in [1.807, 2.05) is 16.8 Å². The number of rotatable bonds is 6. The number of aliphatic hydroxyl groups is 1. The van der Waals surface area contributed by atoms with Crippen LogP contribution in [-0.2, 0) is 9.59 Å². The second kappa shape index (κ2) is 6.40. The van der Waals surface area contributed by atoms with Gasteiger partial charge in [0, 0.05) is 19.4 Å². The predicted molar refractivity (Wildman–Crippen MR) is 62.2 cm³/mol. The first kappa shape index (κ1) is 12.9. The average Bonchev–Trinajstić information content (AvgIpc) is 2.76. The van der Waals surface area contributed by atoms with Gasteiger partial charge in [-0.1, -0.05) is 0 Å². The summed E-state index contributed by atoms with van der Waals surface area (Å²) < 4.78 is 0. The second-order valence-electron chi connectivity index (χ2n) is 3.58. The fraction of sp³-hybridized carbons (Fsp3) is 0.455. The Bertz CT molecular complexity index is 348. The Morgan fingerprint density at radius 2 is 2.25 bits per heavy atom. The first-order chi connectivity index (χ1) is 7.59. The van der Waals surface area contributed by atoms with Gasteiger partial charge in [-0.2, -0.15) is 11.3 Å². The second-order valence-corrected chi connectivity index (χ2v) is 4.36. The van der Waals surface area contributed by atoms with Gasteiger partial charge >= 0.3 is 0 Å². The van der Waals surface area contributed by atoms with Crippen LogP contribution in [0.25, 0.3) is 0 Å². The third-order valence-electron chi connectivity index (χ3n) is 2.12. The number of Topliss-reactive ketones (excluding diaryl/α,β-unsaturated/α-hetero) is 1. The molecule has 0 aliphatic rings. The number of hydrogen-bond acceptors (Lipinski definition) is 4. The van der Waals surface area contributed by atoms with Gasteiger partial charge in [-0.15, -0.1) is 0 Å². The molecular weight excluding hydrogens is 226 g/mol. The summed E-state index contributed by atoms with van der Waals surface area (Å²) in [6, 6.07) is 1.82. The predicted octanol–water partition coefficient (Wildman–Crippen LogP) is 1.27. The fourth-order valence-electron chi connectivity index (χ4n) is 1.17. The third-order valence-corrected chi connectivity index (χ3v) is 2.83. The highest BCUT2D eigenvalue weighted by Gasteiger charge is 2.09. The summed E-state index contributed by atoms with van der Waals surface area (Å²) in [6.07, 6.45) is -0.237. The summed E-state index contributed by atoms with van der Waals surface area (Å²) in [7, 11) is 0. The molecule has 1 unspecified atom stereocenters. The molecule has 2 N–H and O–H groups in total. The number of carbonyl (C=O) groups excluding carboxylic acids is 2. The van der Waals surface area contributed by atoms with E-state index in [-0.39, 0.29) is 31.1 Å². The molecule has 0 aliphatic heterocycles. The van der Waals surface area contributed by atoms with Crippen LogP contribution in [0.1, 0.15) is 31.4 Å². The first-order valence-corrected chi connectivity index (χ1v) is 6.00. The molecule has 0 saturated heterocycles. The van der Waals surface area contributed by atoms with Crippen molar-refractivity contribution in [3.8, 4) is 0 Å². The molecule has 4 nitrogen and oxygen atoms in total. The van der Waals surface area contributed by atoms with Crippen LogP contribution in [0, 0.1) is 0 Å². The monoisotopic (exact) mass is 241 g/mol. The maximum Gasteiger partial charge on any atom is 0.220 e. The molecular formula is C11H15NO3S. The smallest absolute Gasteiger partial charge is 0.220 e. The van der Waals surface area contributed by atoms with Crippen molar-refractivity contribution in [3.63, 3.8) is 0 Å². The molecule has 0 radical (unpaired) electrons. The Labute approximate surface area is 98.3 Å². The van der Waals surface area contributed by atoms with Gasteiger partial charge in [-0.05, 0) is 29.3 Å². The van der Waals surface area contributed by atoms with Crippen molar-refractivity contribution in [1.82, 2.24) is 5.32 Å². The maximum atomic E-state index is 11.2. The lowest BCUT2D eigenvalue weighted by Crippen LogP contribution is -2.28. The highest BCUT2D eigenvalue weighted by atomic mass is 32.1. The van der Waals surface area contributed by atoms with E-state index in [1.54, 1.807) is 0 Å². The van der Waals surface area contributed by atoms with Gasteiger partial charge in [0.1, 0.15) is 5.78 Å². The Hall–Kier alpha value is -1.20. The summed E-state index contributed by atoms with van der Waals surface area (Å²) >= 11 is 1.50. The van der Waals surface area contributed by atoms with Crippen molar-refractivity contribution >= 4 is 23.0 Å². The molecule has 88 valence electrons. The standard InChI is InChI=1S/C11H15NO3S/c1-8(13)2-3-11(15)12-6-10(14)9-4-5-16-7-9/h4-5,7,10,14H,2-3,6H2,1H3,(H,12,15). The van der Waals surface area contributed by atoms with Crippen LogP contribution in [0.2, 0.25) is 0 Å². The lowest BCUT2D eigenvalue weighted by atomic mass is 10.2. The molecule has 16 heavy (non-hydrogen) atoms. The number of ketones is 1. The summed E-state index contributed by atoms with van der Waals surface area (Å²) in [6.45, 7) is 1.64. The van der Waals surface area contributed by atoms with Gasteiger partial charge in [0.05, 0.1) is 6.10 Å². The van der Waals surface area contributed by atoms with Gasteiger partial charge in [0.15, 0.2) is 0 Å². The SMILES string of the molecule is CC(=O)CCC(=O)NCC(O)c1ccsc1. The molecule has 1 aromatic heterocycles. The Morgan fingerprint density at radius 1 is 1.50 bits per heavy atom. The Kier molecular flexibility index (Phi) is 5.14. The molecule has 1 atom stereocenters. The van der Waals surface area contributed by atoms with Crippen LogP contribution in [0.5, 0.6) is 0 Å². The lowest BCUT2D eigenvalue weighted by molar-refractivity contribution is -0.124. The molecule has 1 aromatic rings. The number of nitrogens with one attached hydrogen (secondary N) is 1. The largest absolute Gasteiger partial charge is 0.387 e. The van der Waals surface area contributed by atoms with Gasteiger partial charge < -0.3 is 15.2 Å². The van der Waals surface area contributed by atoms with E-state index >= 15 is 0 Å². The summed E-state index contributed by atoms with van der Waals surface area (Å²) in [5.74, 6) is -0.210. The highest BCUT2D eigenvalue weighted by Crippen LogP contribution is 2.14. The van der Waals surface area contributed by atoms with E-state index in [1.165, 1.54) is 18.3 Å². The highest BCUT2D eigenvalue weighted by molar-refractivity contribution is 7.07. The number of thiophene rings is 1. The maximum absolute atomic E-state index is 11.2. The Morgan fingerprint density at radius 3 is 2.81 bits per heavy atom. The van der Waals surface area contributed by atoms with Gasteiger partial charge in [-0.3, -0.25) is 4.79 Å². The molecule has 0 aliphatic carbocycles. The first-order valence-electron chi connectivity index (χ1n) is 5.06. The van der Waals surface area contributed by atoms with Crippen LogP contribution in [-0.4, -0.2) is 23.3 Å². The number of amides is 1. The van der Waals surface area contributed by atoms with Crippen molar-refractivity contribution in [2.45, 2.75) is 25.9 Å². The molecule has 0 aromatic carbocycles. The van der Waals surface area contributed by atoms with E-state index in [9.17, 15) is 14.7 Å². The third kappa shape index (κ3) is 4.55. The molecule has 0 fully saturated rings. The van der Waals surface area contributed by atoms with Crippen molar-refractivity contribution in [2.24, 2.45) is 0 Å². The fourth-order valence-corrected chi connectivity index (χ4v) is 1.88. The van der Waals surface area contributed by atoms with Crippen LogP contribution < -0.4 is 5.32 Å². The molecule has 0 bridgehead atoms. The minimum Gasteiger partial charge on any atom is -0.387 e. The summed E-state index contributed by atoms with van der Waals surface area (Å²) in [5, 5.41) is 16.0. The zero-order chi connectivity index (χ0) is 12.0. The van der Waals surface area contributed by atoms with E-state index in [4.69, 9.17) is 0 Å². The van der Waals surface area contributed by atoms with Gasteiger partial charge in [0.25, 0.3) is 0 Å². The molecule has 0 saturated carbocycles. The number of hydrogen-bond donors (Lipinski definition) is 2. The molecule has 0 spiro atoms. The quantitative estimate of drug-likeness (QED) is 0.788. The zero-order valence-corrected chi connectivity index (χ0v) is 9.92. The zero-order valence-electron chi connectivity index (χ0n) is 9.10. The minimum atomic E-state index is -0.674. The van der Waals surface area contributed by atoms with Crippen molar-refractivity contribution in [1.29, 1.82) is 0 Å². The van der Waals surface area contributed by atoms with Crippen molar-refractivity contribution < 1.29 is 14.7 Å². The molecule has 5 heteroatoms. The van der Waals surface area contributed by atoms with Crippen molar-refractivity contribution in [2.75, 3.05) is 6.54 Å². The van der Waals surface area contributed by atoms with Crippen LogP contribution in [0.4, 0.5) is 0 Å². The van der Waals surface area contributed by atoms with Crippen molar-refractivity contribution in [3.05, 3.63) is 22.4 Å². The topological polar surface area (TPSA) is 66.4 Å². The van der Waals surface area contributed by atoms with Gasteiger partial charge in [-0.25, -0.2) is 0 Å². The Balaban J connectivity index is 2.24. The van der Waals surface area contributed by atoms with Gasteiger partial charge in [0.2, 0.25) is 5.91 Å². The van der Waals surface area contributed by atoms with Crippen LogP contribution in [0.3, 0.4) is 0 Å².